The number of rotatable bonds is 5. The van der Waals surface area contributed by atoms with Crippen LogP contribution in [-0.2, 0) is 9.84 Å². The first-order chi connectivity index (χ1) is 6.53. The minimum Gasteiger partial charge on any atom is -0.314 e. The van der Waals surface area contributed by atoms with E-state index in [1.54, 1.807) is 0 Å². The van der Waals surface area contributed by atoms with Crippen LogP contribution >= 0.6 is 0 Å². The molecule has 0 aliphatic carbocycles. The molecule has 0 aromatic heterocycles. The molecule has 3 nitrogen and oxygen atoms in total. The zero-order valence-corrected chi connectivity index (χ0v) is 9.94. The number of hydrogen-bond acceptors (Lipinski definition) is 3. The lowest BCUT2D eigenvalue weighted by molar-refractivity contribution is 0.465. The molecule has 1 saturated heterocycles. The second kappa shape index (κ2) is 5.12. The van der Waals surface area contributed by atoms with Crippen LogP contribution < -0.4 is 5.32 Å². The molecule has 0 bridgehead atoms. The van der Waals surface area contributed by atoms with Gasteiger partial charge in [0.1, 0.15) is 0 Å². The van der Waals surface area contributed by atoms with Gasteiger partial charge >= 0.3 is 0 Å². The Morgan fingerprint density at radius 1 is 1.50 bits per heavy atom. The van der Waals surface area contributed by atoms with Gasteiger partial charge in [0.05, 0.1) is 11.5 Å². The van der Waals surface area contributed by atoms with Gasteiger partial charge in [-0.25, -0.2) is 8.42 Å². The zero-order valence-electron chi connectivity index (χ0n) is 9.12. The Morgan fingerprint density at radius 3 is 2.71 bits per heavy atom. The number of hydrogen-bond donors (Lipinski definition) is 1. The maximum Gasteiger partial charge on any atom is 0.150 e. The van der Waals surface area contributed by atoms with Gasteiger partial charge in [-0.15, -0.1) is 0 Å². The SMILES string of the molecule is CCC(C)NCCC1CCS(=O)(=O)C1. The first kappa shape index (κ1) is 12.0. The molecule has 0 aromatic rings. The summed E-state index contributed by atoms with van der Waals surface area (Å²) >= 11 is 0. The van der Waals surface area contributed by atoms with Gasteiger partial charge in [0, 0.05) is 6.04 Å². The van der Waals surface area contributed by atoms with Gasteiger partial charge in [-0.05, 0) is 38.6 Å². The lowest BCUT2D eigenvalue weighted by atomic mass is 10.1. The van der Waals surface area contributed by atoms with Gasteiger partial charge < -0.3 is 5.32 Å². The molecule has 0 radical (unpaired) electrons. The van der Waals surface area contributed by atoms with Crippen molar-refractivity contribution in [1.29, 1.82) is 0 Å². The average molecular weight is 219 g/mol. The van der Waals surface area contributed by atoms with Crippen molar-refractivity contribution >= 4 is 9.84 Å². The molecule has 1 heterocycles. The molecular formula is C10H21NO2S. The van der Waals surface area contributed by atoms with Crippen molar-refractivity contribution in [2.45, 2.75) is 39.2 Å². The van der Waals surface area contributed by atoms with Crippen LogP contribution in [-0.4, -0.2) is 32.5 Å². The van der Waals surface area contributed by atoms with Gasteiger partial charge in [-0.1, -0.05) is 6.92 Å². The van der Waals surface area contributed by atoms with Crippen LogP contribution in [0.5, 0.6) is 0 Å². The Labute approximate surface area is 87.2 Å². The first-order valence-corrected chi connectivity index (χ1v) is 7.29. The molecule has 14 heavy (non-hydrogen) atoms. The Hall–Kier alpha value is -0.0900. The molecule has 0 aromatic carbocycles. The van der Waals surface area contributed by atoms with Crippen molar-refractivity contribution in [3.05, 3.63) is 0 Å². The Kier molecular flexibility index (Phi) is 4.38. The lowest BCUT2D eigenvalue weighted by Gasteiger charge is -2.13. The molecule has 0 spiro atoms. The molecule has 4 heteroatoms. The summed E-state index contributed by atoms with van der Waals surface area (Å²) in [6.45, 7) is 5.26. The predicted molar refractivity (Wildman–Crippen MR) is 59.1 cm³/mol. The zero-order chi connectivity index (χ0) is 10.6. The molecule has 1 rings (SSSR count). The fraction of sp³-hybridized carbons (Fsp3) is 1.00. The predicted octanol–water partition coefficient (Wildman–Crippen LogP) is 1.20. The lowest BCUT2D eigenvalue weighted by Crippen LogP contribution is -2.27. The monoisotopic (exact) mass is 219 g/mol. The summed E-state index contributed by atoms with van der Waals surface area (Å²) in [5.41, 5.74) is 0. The van der Waals surface area contributed by atoms with E-state index in [-0.39, 0.29) is 0 Å². The quantitative estimate of drug-likeness (QED) is 0.756. The van der Waals surface area contributed by atoms with Crippen LogP contribution in [0.2, 0.25) is 0 Å². The molecule has 1 aliphatic heterocycles. The van der Waals surface area contributed by atoms with Crippen LogP contribution in [0.4, 0.5) is 0 Å². The molecule has 1 aliphatic rings. The number of sulfone groups is 1. The van der Waals surface area contributed by atoms with Crippen LogP contribution in [0.15, 0.2) is 0 Å². The second-order valence-electron chi connectivity index (χ2n) is 4.32. The van der Waals surface area contributed by atoms with E-state index in [9.17, 15) is 8.42 Å². The summed E-state index contributed by atoms with van der Waals surface area (Å²) < 4.78 is 22.3. The molecule has 2 atom stereocenters. The average Bonchev–Trinajstić information content (AvgIpc) is 2.45. The minimum absolute atomic E-state index is 0.400. The third kappa shape index (κ3) is 3.96. The van der Waals surface area contributed by atoms with Gasteiger partial charge in [-0.2, -0.15) is 0 Å². The Bertz CT molecular complexity index is 261. The van der Waals surface area contributed by atoms with Crippen LogP contribution in [0, 0.1) is 5.92 Å². The van der Waals surface area contributed by atoms with Crippen molar-refractivity contribution in [3.8, 4) is 0 Å². The fourth-order valence-corrected chi connectivity index (χ4v) is 3.69. The van der Waals surface area contributed by atoms with Gasteiger partial charge in [0.2, 0.25) is 0 Å². The summed E-state index contributed by atoms with van der Waals surface area (Å²) in [5.74, 6) is 1.22. The van der Waals surface area contributed by atoms with Crippen LogP contribution in [0.1, 0.15) is 33.1 Å². The van der Waals surface area contributed by atoms with Crippen molar-refractivity contribution in [2.75, 3.05) is 18.1 Å². The normalized spacial score (nSPS) is 27.7. The summed E-state index contributed by atoms with van der Waals surface area (Å²) in [5, 5.41) is 3.39. The van der Waals surface area contributed by atoms with E-state index in [1.165, 1.54) is 0 Å². The smallest absolute Gasteiger partial charge is 0.150 e. The maximum atomic E-state index is 11.2. The van der Waals surface area contributed by atoms with E-state index >= 15 is 0 Å². The maximum absolute atomic E-state index is 11.2. The van der Waals surface area contributed by atoms with Gasteiger partial charge in [0.25, 0.3) is 0 Å². The molecular weight excluding hydrogens is 198 g/mol. The summed E-state index contributed by atoms with van der Waals surface area (Å²) in [6.07, 6.45) is 3.00. The Balaban J connectivity index is 2.15. The van der Waals surface area contributed by atoms with Crippen LogP contribution in [0.3, 0.4) is 0 Å². The number of nitrogens with one attached hydrogen (secondary N) is 1. The largest absolute Gasteiger partial charge is 0.314 e. The minimum atomic E-state index is -2.68. The summed E-state index contributed by atoms with van der Waals surface area (Å²) in [7, 11) is -2.68. The van der Waals surface area contributed by atoms with E-state index in [1.807, 2.05) is 0 Å². The summed E-state index contributed by atoms with van der Waals surface area (Å²) in [4.78, 5) is 0. The van der Waals surface area contributed by atoms with Crippen molar-refractivity contribution in [1.82, 2.24) is 5.32 Å². The molecule has 84 valence electrons. The van der Waals surface area contributed by atoms with E-state index < -0.39 is 9.84 Å². The van der Waals surface area contributed by atoms with Crippen molar-refractivity contribution in [2.24, 2.45) is 5.92 Å². The molecule has 0 amide bonds. The second-order valence-corrected chi connectivity index (χ2v) is 6.55. The van der Waals surface area contributed by atoms with Gasteiger partial charge in [0.15, 0.2) is 9.84 Å². The fourth-order valence-electron chi connectivity index (χ4n) is 1.78. The van der Waals surface area contributed by atoms with Crippen LogP contribution in [0.25, 0.3) is 0 Å². The molecule has 1 N–H and O–H groups in total. The van der Waals surface area contributed by atoms with E-state index in [0.29, 0.717) is 23.5 Å². The van der Waals surface area contributed by atoms with Gasteiger partial charge in [-0.3, -0.25) is 0 Å². The standard InChI is InChI=1S/C10H21NO2S/c1-3-9(2)11-6-4-10-5-7-14(12,13)8-10/h9-11H,3-8H2,1-2H3. The highest BCUT2D eigenvalue weighted by Gasteiger charge is 2.27. The highest BCUT2D eigenvalue weighted by molar-refractivity contribution is 7.91. The third-order valence-corrected chi connectivity index (χ3v) is 4.82. The topological polar surface area (TPSA) is 46.2 Å². The highest BCUT2D eigenvalue weighted by Crippen LogP contribution is 2.20. The van der Waals surface area contributed by atoms with Crippen molar-refractivity contribution < 1.29 is 8.42 Å². The molecule has 0 saturated carbocycles. The third-order valence-electron chi connectivity index (χ3n) is 2.98. The summed E-state index contributed by atoms with van der Waals surface area (Å²) in [6, 6.07) is 0.549. The van der Waals surface area contributed by atoms with E-state index in [0.717, 1.165) is 25.8 Å². The first-order valence-electron chi connectivity index (χ1n) is 5.47. The van der Waals surface area contributed by atoms with E-state index in [4.69, 9.17) is 0 Å². The van der Waals surface area contributed by atoms with Crippen molar-refractivity contribution in [3.63, 3.8) is 0 Å². The van der Waals surface area contributed by atoms with E-state index in [2.05, 4.69) is 19.2 Å². The molecule has 1 fully saturated rings. The Morgan fingerprint density at radius 2 is 2.21 bits per heavy atom. The molecule has 2 unspecified atom stereocenters. The highest BCUT2D eigenvalue weighted by atomic mass is 32.2.